The van der Waals surface area contributed by atoms with E-state index in [0.29, 0.717) is 23.4 Å². The largest absolute Gasteiger partial charge is 0.367 e. The molecule has 1 unspecified atom stereocenters. The molecule has 5 rings (SSSR count). The molecule has 0 saturated carbocycles. The van der Waals surface area contributed by atoms with E-state index in [4.69, 9.17) is 28.8 Å². The Kier molecular flexibility index (Phi) is 6.14. The predicted molar refractivity (Wildman–Crippen MR) is 139 cm³/mol. The summed E-state index contributed by atoms with van der Waals surface area (Å²) in [7, 11) is 0. The van der Waals surface area contributed by atoms with E-state index in [1.54, 1.807) is 6.20 Å². The summed E-state index contributed by atoms with van der Waals surface area (Å²) >= 11 is 11.7. The fraction of sp³-hybridized carbons (Fsp3) is 0.333. The molecule has 170 valence electrons. The van der Waals surface area contributed by atoms with Gasteiger partial charge in [0.1, 0.15) is 0 Å². The number of pyridine rings is 1. The second-order valence-corrected chi connectivity index (χ2v) is 9.39. The number of piperazine rings is 1. The molecule has 0 radical (unpaired) electrons. The molecule has 2 aromatic heterocycles. The van der Waals surface area contributed by atoms with Gasteiger partial charge < -0.3 is 15.5 Å². The molecule has 2 aliphatic heterocycles. The van der Waals surface area contributed by atoms with Gasteiger partial charge in [0.15, 0.2) is 0 Å². The Bertz CT molecular complexity index is 1200. The van der Waals surface area contributed by atoms with Crippen LogP contribution in [0.2, 0.25) is 5.02 Å². The minimum Gasteiger partial charge on any atom is -0.367 e. The minimum atomic E-state index is 0.515. The summed E-state index contributed by atoms with van der Waals surface area (Å²) in [6, 6.07) is 8.33. The maximum absolute atomic E-state index is 6.21. The maximum atomic E-state index is 6.21. The zero-order valence-corrected chi connectivity index (χ0v) is 20.2. The van der Waals surface area contributed by atoms with Gasteiger partial charge in [0.25, 0.3) is 0 Å². The van der Waals surface area contributed by atoms with Crippen molar-refractivity contribution in [3.05, 3.63) is 53.4 Å². The number of rotatable bonds is 4. The smallest absolute Gasteiger partial charge is 0.227 e. The highest BCUT2D eigenvalue weighted by Gasteiger charge is 2.23. The zero-order valence-electron chi connectivity index (χ0n) is 18.7. The average molecular weight is 480 g/mol. The highest BCUT2D eigenvalue weighted by atomic mass is 35.5. The normalized spacial score (nSPS) is 18.2. The molecule has 4 heterocycles. The lowest BCUT2D eigenvalue weighted by Crippen LogP contribution is -2.51. The van der Waals surface area contributed by atoms with Crippen LogP contribution in [-0.4, -0.2) is 57.1 Å². The van der Waals surface area contributed by atoms with Gasteiger partial charge in [0, 0.05) is 60.1 Å². The Labute approximate surface area is 204 Å². The van der Waals surface area contributed by atoms with Crippen LogP contribution < -0.4 is 15.5 Å². The van der Waals surface area contributed by atoms with E-state index in [-0.39, 0.29) is 0 Å². The molecular weight excluding hydrogens is 454 g/mol. The maximum Gasteiger partial charge on any atom is 0.227 e. The van der Waals surface area contributed by atoms with Crippen molar-refractivity contribution in [3.63, 3.8) is 0 Å². The van der Waals surface area contributed by atoms with E-state index in [0.717, 1.165) is 65.1 Å². The molecule has 7 nitrogen and oxygen atoms in total. The van der Waals surface area contributed by atoms with Gasteiger partial charge >= 0.3 is 0 Å². The number of nitrogens with one attached hydrogen (secondary N) is 2. The number of thiocarbonyl (C=S) groups is 1. The van der Waals surface area contributed by atoms with Crippen molar-refractivity contribution in [1.82, 2.24) is 19.9 Å². The number of halogens is 1. The van der Waals surface area contributed by atoms with Crippen LogP contribution in [0.3, 0.4) is 0 Å². The summed E-state index contributed by atoms with van der Waals surface area (Å²) in [6.45, 7) is 8.61. The third kappa shape index (κ3) is 4.64. The van der Waals surface area contributed by atoms with Gasteiger partial charge in [-0.25, -0.2) is 9.97 Å². The van der Waals surface area contributed by atoms with Crippen LogP contribution in [0.25, 0.3) is 11.3 Å². The van der Waals surface area contributed by atoms with Crippen molar-refractivity contribution in [3.8, 4) is 11.3 Å². The third-order valence-electron chi connectivity index (χ3n) is 6.24. The second-order valence-electron chi connectivity index (χ2n) is 8.46. The van der Waals surface area contributed by atoms with Crippen LogP contribution in [0.15, 0.2) is 42.9 Å². The lowest BCUT2D eigenvalue weighted by molar-refractivity contribution is 0.199. The molecular formula is C24H26ClN7S. The number of aromatic nitrogens is 3. The summed E-state index contributed by atoms with van der Waals surface area (Å²) in [6.07, 6.45) is 6.14. The van der Waals surface area contributed by atoms with Gasteiger partial charge in [-0.15, -0.1) is 0 Å². The Morgan fingerprint density at radius 1 is 1.21 bits per heavy atom. The number of anilines is 4. The Morgan fingerprint density at radius 2 is 2.09 bits per heavy atom. The van der Waals surface area contributed by atoms with Gasteiger partial charge in [-0.05, 0) is 37.7 Å². The van der Waals surface area contributed by atoms with Crippen LogP contribution in [0.4, 0.5) is 23.0 Å². The Balaban J connectivity index is 1.41. The Hall–Kier alpha value is -2.81. The summed E-state index contributed by atoms with van der Waals surface area (Å²) < 4.78 is 0. The summed E-state index contributed by atoms with van der Waals surface area (Å²) in [4.78, 5) is 19.5. The standard InChI is InChI=1S/C24H26ClN7S/c1-3-31-6-7-32(14-15(31)2)19-10-18(12-26-13-19)28-24-27-11-16-8-22(33)29-21-9-17(25)4-5-20(21)23(16)30-24/h4-5,9-13,15H,3,6-8,14H2,1-2H3,(H,29,33)(H,27,28,30). The molecule has 0 spiro atoms. The lowest BCUT2D eigenvalue weighted by Gasteiger charge is -2.40. The first-order valence-electron chi connectivity index (χ1n) is 11.2. The van der Waals surface area contributed by atoms with Gasteiger partial charge in [0.05, 0.1) is 34.5 Å². The van der Waals surface area contributed by atoms with E-state index in [9.17, 15) is 0 Å². The van der Waals surface area contributed by atoms with E-state index in [1.165, 1.54) is 0 Å². The first-order chi connectivity index (χ1) is 16.0. The SMILES string of the molecule is CCN1CCN(c2cncc(Nc3ncc4c(n3)-c3ccc(Cl)cc3NC(=S)C4)c2)CC1C. The van der Waals surface area contributed by atoms with Gasteiger partial charge in [-0.3, -0.25) is 9.88 Å². The number of likely N-dealkylation sites (N-methyl/N-ethyl adjacent to an activating group) is 1. The predicted octanol–water partition coefficient (Wildman–Crippen LogP) is 4.76. The monoisotopic (exact) mass is 479 g/mol. The van der Waals surface area contributed by atoms with Crippen molar-refractivity contribution in [1.29, 1.82) is 0 Å². The molecule has 0 aliphatic carbocycles. The molecule has 1 fully saturated rings. The van der Waals surface area contributed by atoms with Crippen molar-refractivity contribution >= 4 is 51.8 Å². The summed E-state index contributed by atoms with van der Waals surface area (Å²) in [5.41, 5.74) is 5.60. The summed E-state index contributed by atoms with van der Waals surface area (Å²) in [5, 5.41) is 7.26. The molecule has 1 saturated heterocycles. The van der Waals surface area contributed by atoms with Crippen molar-refractivity contribution < 1.29 is 0 Å². The molecule has 0 amide bonds. The van der Waals surface area contributed by atoms with Crippen molar-refractivity contribution in [2.75, 3.05) is 41.7 Å². The highest BCUT2D eigenvalue weighted by molar-refractivity contribution is 7.80. The summed E-state index contributed by atoms with van der Waals surface area (Å²) in [5.74, 6) is 0.519. The lowest BCUT2D eigenvalue weighted by atomic mass is 10.1. The van der Waals surface area contributed by atoms with Crippen molar-refractivity contribution in [2.24, 2.45) is 0 Å². The van der Waals surface area contributed by atoms with Gasteiger partial charge in [0.2, 0.25) is 5.95 Å². The number of hydrogen-bond donors (Lipinski definition) is 2. The van der Waals surface area contributed by atoms with E-state index in [2.05, 4.69) is 50.3 Å². The number of fused-ring (bicyclic) bond motifs is 3. The fourth-order valence-corrected chi connectivity index (χ4v) is 4.96. The molecule has 3 aromatic rings. The minimum absolute atomic E-state index is 0.515. The molecule has 9 heteroatoms. The molecule has 2 aliphatic rings. The first-order valence-corrected chi connectivity index (χ1v) is 12.0. The second kappa shape index (κ2) is 9.21. The zero-order chi connectivity index (χ0) is 22.9. The van der Waals surface area contributed by atoms with Crippen LogP contribution >= 0.6 is 23.8 Å². The van der Waals surface area contributed by atoms with Crippen molar-refractivity contribution in [2.45, 2.75) is 26.3 Å². The third-order valence-corrected chi connectivity index (χ3v) is 6.72. The Morgan fingerprint density at radius 3 is 2.91 bits per heavy atom. The average Bonchev–Trinajstić information content (AvgIpc) is 2.93. The van der Waals surface area contributed by atoms with E-state index < -0.39 is 0 Å². The van der Waals surface area contributed by atoms with Crippen LogP contribution in [0.1, 0.15) is 19.4 Å². The first kappa shape index (κ1) is 22.0. The molecule has 2 N–H and O–H groups in total. The number of nitrogens with zero attached hydrogens (tertiary/aromatic N) is 5. The molecule has 1 aromatic carbocycles. The topological polar surface area (TPSA) is 69.2 Å². The van der Waals surface area contributed by atoms with Gasteiger partial charge in [-0.1, -0.05) is 30.7 Å². The van der Waals surface area contributed by atoms with Crippen LogP contribution in [-0.2, 0) is 6.42 Å². The van der Waals surface area contributed by atoms with E-state index in [1.807, 2.05) is 30.6 Å². The molecule has 0 bridgehead atoms. The molecule has 33 heavy (non-hydrogen) atoms. The molecule has 1 atom stereocenters. The quantitative estimate of drug-likeness (QED) is 0.519. The highest BCUT2D eigenvalue weighted by Crippen LogP contribution is 2.35. The van der Waals surface area contributed by atoms with Gasteiger partial charge in [-0.2, -0.15) is 0 Å². The number of hydrogen-bond acceptors (Lipinski definition) is 7. The number of benzene rings is 1. The fourth-order valence-electron chi connectivity index (χ4n) is 4.52. The van der Waals surface area contributed by atoms with Crippen LogP contribution in [0.5, 0.6) is 0 Å². The van der Waals surface area contributed by atoms with Crippen LogP contribution in [0, 0.1) is 0 Å². The van der Waals surface area contributed by atoms with E-state index >= 15 is 0 Å².